The number of H-pyrrole nitrogens is 1. The third-order valence-electron chi connectivity index (χ3n) is 2.03. The van der Waals surface area contributed by atoms with Crippen molar-refractivity contribution in [3.8, 4) is 6.07 Å². The lowest BCUT2D eigenvalue weighted by Gasteiger charge is -2.09. The van der Waals surface area contributed by atoms with Crippen LogP contribution in [0.4, 0.5) is 0 Å². The Hall–Kier alpha value is -1.12. The molecule has 78 valence electrons. The summed E-state index contributed by atoms with van der Waals surface area (Å²) >= 11 is 6.41. The van der Waals surface area contributed by atoms with E-state index in [1.807, 2.05) is 12.3 Å². The quantitative estimate of drug-likeness (QED) is 0.489. The minimum atomic E-state index is -0.0559. The van der Waals surface area contributed by atoms with Crippen molar-refractivity contribution in [2.24, 2.45) is 0 Å². The molecule has 15 heavy (non-hydrogen) atoms. The van der Waals surface area contributed by atoms with Crippen molar-refractivity contribution in [3.05, 3.63) is 21.5 Å². The Morgan fingerprint density at radius 2 is 2.20 bits per heavy atom. The van der Waals surface area contributed by atoms with Gasteiger partial charge in [0.1, 0.15) is 16.3 Å². The summed E-state index contributed by atoms with van der Waals surface area (Å²) in [7, 11) is 0. The summed E-state index contributed by atoms with van der Waals surface area (Å²) in [5, 5.41) is 8.97. The number of nitrogens with one attached hydrogen (secondary N) is 1. The van der Waals surface area contributed by atoms with E-state index in [0.717, 1.165) is 5.69 Å². The average Bonchev–Trinajstić information content (AvgIpc) is 2.15. The summed E-state index contributed by atoms with van der Waals surface area (Å²) in [6.07, 6.45) is 1.83. The van der Waals surface area contributed by atoms with Gasteiger partial charge in [-0.15, -0.1) is 11.8 Å². The molecule has 0 aliphatic heterocycles. The van der Waals surface area contributed by atoms with Crippen LogP contribution in [0.5, 0.6) is 0 Å². The van der Waals surface area contributed by atoms with E-state index < -0.39 is 0 Å². The second-order valence-corrected chi connectivity index (χ2v) is 4.26. The molecule has 5 heteroatoms. The number of hydrogen-bond donors (Lipinski definition) is 1. The van der Waals surface area contributed by atoms with E-state index in [-0.39, 0.29) is 5.78 Å². The highest BCUT2D eigenvalue weighted by molar-refractivity contribution is 7.98. The Bertz CT molecular complexity index is 511. The highest BCUT2D eigenvalue weighted by Crippen LogP contribution is 2.27. The molecule has 0 radical (unpaired) electrons. The summed E-state index contributed by atoms with van der Waals surface area (Å²) in [4.78, 5) is 15.0. The van der Waals surface area contributed by atoms with Gasteiger partial charge in [0.15, 0.2) is 5.78 Å². The van der Waals surface area contributed by atoms with Crippen LogP contribution >= 0.6 is 24.0 Å². The molecule has 0 aliphatic rings. The van der Waals surface area contributed by atoms with Gasteiger partial charge in [-0.25, -0.2) is 0 Å². The van der Waals surface area contributed by atoms with E-state index in [9.17, 15) is 4.79 Å². The summed E-state index contributed by atoms with van der Waals surface area (Å²) in [5.41, 5.74) is 1.66. The molecular formula is C10H10N2OS2. The van der Waals surface area contributed by atoms with Crippen LogP contribution in [0.1, 0.15) is 28.5 Å². The van der Waals surface area contributed by atoms with Crippen LogP contribution in [0.2, 0.25) is 0 Å². The first kappa shape index (κ1) is 12.0. The predicted molar refractivity (Wildman–Crippen MR) is 62.9 cm³/mol. The molecule has 0 bridgehead atoms. The third kappa shape index (κ3) is 2.11. The average molecular weight is 238 g/mol. The Labute approximate surface area is 97.5 Å². The van der Waals surface area contributed by atoms with Crippen molar-refractivity contribution < 1.29 is 4.79 Å². The molecule has 0 aromatic carbocycles. The fraction of sp³-hybridized carbons (Fsp3) is 0.300. The van der Waals surface area contributed by atoms with Crippen molar-refractivity contribution in [2.45, 2.75) is 18.7 Å². The number of hydrogen-bond acceptors (Lipinski definition) is 4. The fourth-order valence-electron chi connectivity index (χ4n) is 1.42. The van der Waals surface area contributed by atoms with Crippen LogP contribution < -0.4 is 0 Å². The van der Waals surface area contributed by atoms with E-state index in [4.69, 9.17) is 17.5 Å². The first-order valence-corrected chi connectivity index (χ1v) is 5.88. The molecule has 1 rings (SSSR count). The van der Waals surface area contributed by atoms with Gasteiger partial charge in [-0.2, -0.15) is 5.26 Å². The number of Topliss-reactive ketones (excluding diaryl/α,β-unsaturated/α-hetero) is 1. The van der Waals surface area contributed by atoms with Gasteiger partial charge in [-0.1, -0.05) is 12.2 Å². The number of carbonyl (C=O) groups excluding carboxylic acids is 1. The van der Waals surface area contributed by atoms with Crippen LogP contribution in [-0.2, 0) is 0 Å². The molecule has 0 amide bonds. The van der Waals surface area contributed by atoms with Gasteiger partial charge in [-0.3, -0.25) is 4.79 Å². The van der Waals surface area contributed by atoms with Crippen LogP contribution in [0.15, 0.2) is 4.90 Å². The van der Waals surface area contributed by atoms with Crippen LogP contribution in [0.3, 0.4) is 0 Å². The molecule has 0 saturated heterocycles. The van der Waals surface area contributed by atoms with Crippen molar-refractivity contribution in [1.29, 1.82) is 5.26 Å². The zero-order chi connectivity index (χ0) is 11.6. The number of carbonyl (C=O) groups is 1. The number of aryl methyl sites for hydroxylation is 1. The lowest BCUT2D eigenvalue weighted by Crippen LogP contribution is -2.04. The zero-order valence-electron chi connectivity index (χ0n) is 8.67. The Morgan fingerprint density at radius 1 is 1.60 bits per heavy atom. The second-order valence-electron chi connectivity index (χ2n) is 3.03. The largest absolute Gasteiger partial charge is 0.348 e. The van der Waals surface area contributed by atoms with E-state index in [1.165, 1.54) is 18.7 Å². The summed E-state index contributed by atoms with van der Waals surface area (Å²) in [5.74, 6) is -0.0559. The monoisotopic (exact) mass is 238 g/mol. The normalized spacial score (nSPS) is 9.73. The van der Waals surface area contributed by atoms with Gasteiger partial charge in [0.25, 0.3) is 0 Å². The molecule has 0 unspecified atom stereocenters. The van der Waals surface area contributed by atoms with Crippen LogP contribution in [0, 0.1) is 22.9 Å². The number of ketones is 1. The van der Waals surface area contributed by atoms with Crippen LogP contribution in [-0.4, -0.2) is 17.0 Å². The minimum absolute atomic E-state index is 0.0559. The molecule has 0 fully saturated rings. The molecule has 0 saturated carbocycles. The summed E-state index contributed by atoms with van der Waals surface area (Å²) in [6, 6.07) is 2.03. The Kier molecular flexibility index (Phi) is 3.66. The number of rotatable bonds is 2. The van der Waals surface area contributed by atoms with Crippen molar-refractivity contribution in [1.82, 2.24) is 4.98 Å². The first-order valence-electron chi connectivity index (χ1n) is 4.24. The van der Waals surface area contributed by atoms with Crippen LogP contribution in [0.25, 0.3) is 0 Å². The molecule has 1 heterocycles. The van der Waals surface area contributed by atoms with Gasteiger partial charge in [0.2, 0.25) is 0 Å². The fourth-order valence-corrected chi connectivity index (χ4v) is 2.64. The van der Waals surface area contributed by atoms with Crippen molar-refractivity contribution in [2.75, 3.05) is 6.26 Å². The number of nitrogens with zero attached hydrogens (tertiary/aromatic N) is 1. The highest BCUT2D eigenvalue weighted by Gasteiger charge is 2.16. The maximum absolute atomic E-state index is 11.4. The summed E-state index contributed by atoms with van der Waals surface area (Å²) < 4.78 is 0.393. The molecule has 0 aliphatic carbocycles. The van der Waals surface area contributed by atoms with Crippen molar-refractivity contribution >= 4 is 29.8 Å². The Balaban J connectivity index is 3.74. The lowest BCUT2D eigenvalue weighted by molar-refractivity contribution is 0.101. The minimum Gasteiger partial charge on any atom is -0.348 e. The van der Waals surface area contributed by atoms with E-state index in [1.54, 1.807) is 6.92 Å². The van der Waals surface area contributed by atoms with E-state index in [2.05, 4.69) is 4.98 Å². The number of nitriles is 1. The molecule has 0 atom stereocenters. The molecule has 1 aromatic rings. The third-order valence-corrected chi connectivity index (χ3v) is 3.15. The van der Waals surface area contributed by atoms with E-state index >= 15 is 0 Å². The maximum atomic E-state index is 11.4. The second kappa shape index (κ2) is 4.60. The number of thioether (sulfide) groups is 1. The predicted octanol–water partition coefficient (Wildman–Crippen LogP) is 2.85. The zero-order valence-corrected chi connectivity index (χ0v) is 10.3. The lowest BCUT2D eigenvalue weighted by atomic mass is 10.1. The molecule has 3 nitrogen and oxygen atoms in total. The van der Waals surface area contributed by atoms with Gasteiger partial charge in [-0.05, 0) is 20.1 Å². The summed E-state index contributed by atoms with van der Waals surface area (Å²) in [6.45, 7) is 3.27. The number of pyridine rings is 1. The maximum Gasteiger partial charge on any atom is 0.162 e. The number of aromatic amines is 1. The van der Waals surface area contributed by atoms with E-state index in [0.29, 0.717) is 20.7 Å². The van der Waals surface area contributed by atoms with Gasteiger partial charge >= 0.3 is 0 Å². The standard InChI is InChI=1S/C10H10N2OS2/c1-5-8(6(2)13)9(15-3)7(4-11)10(14)12-5/h1-3H3,(H,12,14). The van der Waals surface area contributed by atoms with Gasteiger partial charge in [0, 0.05) is 10.6 Å². The van der Waals surface area contributed by atoms with Crippen molar-refractivity contribution in [3.63, 3.8) is 0 Å². The smallest absolute Gasteiger partial charge is 0.162 e. The van der Waals surface area contributed by atoms with Gasteiger partial charge in [0.05, 0.1) is 5.56 Å². The Morgan fingerprint density at radius 3 is 2.60 bits per heavy atom. The molecule has 1 N–H and O–H groups in total. The van der Waals surface area contributed by atoms with Gasteiger partial charge < -0.3 is 4.98 Å². The molecule has 1 aromatic heterocycles. The topological polar surface area (TPSA) is 56.6 Å². The molecular weight excluding hydrogens is 228 g/mol. The SMILES string of the molecule is CSc1c(C(C)=O)c(C)[nH]c(=S)c1C#N. The first-order chi connectivity index (χ1) is 7.02. The highest BCUT2D eigenvalue weighted by atomic mass is 32.2. The number of aromatic nitrogens is 1. The molecule has 0 spiro atoms.